The average molecular weight is 427 g/mol. The Morgan fingerprint density at radius 1 is 1.00 bits per heavy atom. The van der Waals surface area contributed by atoms with Crippen molar-refractivity contribution in [3.63, 3.8) is 0 Å². The number of hydrogen-bond donors (Lipinski definition) is 1. The molecule has 1 fully saturated rings. The molecule has 0 radical (unpaired) electrons. The van der Waals surface area contributed by atoms with Crippen LogP contribution < -0.4 is 5.32 Å². The van der Waals surface area contributed by atoms with E-state index in [1.54, 1.807) is 12.1 Å². The van der Waals surface area contributed by atoms with Crippen LogP contribution >= 0.6 is 0 Å². The molecule has 158 valence electrons. The van der Waals surface area contributed by atoms with Crippen LogP contribution in [0.15, 0.2) is 53.4 Å². The summed E-state index contributed by atoms with van der Waals surface area (Å²) < 4.78 is 27.4. The summed E-state index contributed by atoms with van der Waals surface area (Å²) in [4.78, 5) is 24.5. The van der Waals surface area contributed by atoms with E-state index in [9.17, 15) is 18.0 Å². The lowest BCUT2D eigenvalue weighted by molar-refractivity contribution is -0.126. The van der Waals surface area contributed by atoms with Crippen molar-refractivity contribution >= 4 is 21.7 Å². The lowest BCUT2D eigenvalue weighted by Gasteiger charge is -2.31. The van der Waals surface area contributed by atoms with E-state index in [1.165, 1.54) is 34.5 Å². The molecule has 0 saturated carbocycles. The smallest absolute Gasteiger partial charge is 0.243 e. The van der Waals surface area contributed by atoms with Crippen molar-refractivity contribution in [2.75, 3.05) is 13.1 Å². The van der Waals surface area contributed by atoms with Crippen LogP contribution in [0.5, 0.6) is 0 Å². The number of amides is 1. The molecular formula is C23H26N2O4S. The SMILES string of the molecule is CC(=O)c1cccc(S(=O)(=O)N2CCC(C(=O)NC3CCc4ccccc43)CC2)c1. The van der Waals surface area contributed by atoms with Crippen LogP contribution in [0.1, 0.15) is 53.7 Å². The van der Waals surface area contributed by atoms with Crippen molar-refractivity contribution in [2.24, 2.45) is 5.92 Å². The standard InChI is InChI=1S/C23H26N2O4S/c1-16(26)19-6-4-7-20(15-19)30(28,29)25-13-11-18(12-14-25)23(27)24-22-10-9-17-5-2-3-8-21(17)22/h2-8,15,18,22H,9-14H2,1H3,(H,24,27). The van der Waals surface area contributed by atoms with Gasteiger partial charge in [0, 0.05) is 24.6 Å². The number of carbonyl (C=O) groups is 2. The Hall–Kier alpha value is -2.51. The number of piperidine rings is 1. The van der Waals surface area contributed by atoms with E-state index in [4.69, 9.17) is 0 Å². The number of benzene rings is 2. The first-order valence-electron chi connectivity index (χ1n) is 10.4. The summed E-state index contributed by atoms with van der Waals surface area (Å²) in [6.45, 7) is 2.01. The van der Waals surface area contributed by atoms with Crippen molar-refractivity contribution in [3.8, 4) is 0 Å². The van der Waals surface area contributed by atoms with Gasteiger partial charge in [0.1, 0.15) is 0 Å². The summed E-state index contributed by atoms with van der Waals surface area (Å²) in [6, 6.07) is 14.4. The van der Waals surface area contributed by atoms with E-state index in [-0.39, 0.29) is 28.5 Å². The predicted octanol–water partition coefficient (Wildman–Crippen LogP) is 3.09. The molecule has 2 aromatic rings. The second kappa shape index (κ2) is 8.32. The molecule has 4 rings (SSSR count). The molecule has 1 heterocycles. The van der Waals surface area contributed by atoms with Gasteiger partial charge in [-0.3, -0.25) is 9.59 Å². The molecule has 1 saturated heterocycles. The number of sulfonamides is 1. The van der Waals surface area contributed by atoms with E-state index in [0.717, 1.165) is 12.8 Å². The Labute approximate surface area is 177 Å². The fourth-order valence-corrected chi connectivity index (χ4v) is 5.90. The van der Waals surface area contributed by atoms with Gasteiger partial charge in [-0.05, 0) is 55.9 Å². The molecule has 0 bridgehead atoms. The summed E-state index contributed by atoms with van der Waals surface area (Å²) in [6.07, 6.45) is 2.86. The Balaban J connectivity index is 1.38. The van der Waals surface area contributed by atoms with Gasteiger partial charge in [0.15, 0.2) is 5.78 Å². The molecule has 1 N–H and O–H groups in total. The Bertz CT molecular complexity index is 1070. The van der Waals surface area contributed by atoms with E-state index >= 15 is 0 Å². The second-order valence-electron chi connectivity index (χ2n) is 8.06. The van der Waals surface area contributed by atoms with Gasteiger partial charge in [-0.25, -0.2) is 8.42 Å². The van der Waals surface area contributed by atoms with E-state index in [1.807, 2.05) is 12.1 Å². The first kappa shape index (κ1) is 20.8. The molecule has 2 aliphatic rings. The molecule has 1 unspecified atom stereocenters. The van der Waals surface area contributed by atoms with Crippen LogP contribution in [0.4, 0.5) is 0 Å². The number of fused-ring (bicyclic) bond motifs is 1. The average Bonchev–Trinajstić information content (AvgIpc) is 3.17. The van der Waals surface area contributed by atoms with Crippen molar-refractivity contribution in [1.29, 1.82) is 0 Å². The molecule has 1 aliphatic heterocycles. The quantitative estimate of drug-likeness (QED) is 0.745. The third-order valence-electron chi connectivity index (χ3n) is 6.15. The molecule has 0 aromatic heterocycles. The highest BCUT2D eigenvalue weighted by Gasteiger charge is 2.33. The Morgan fingerprint density at radius 3 is 2.47 bits per heavy atom. The Morgan fingerprint density at radius 2 is 1.73 bits per heavy atom. The third kappa shape index (κ3) is 4.04. The maximum absolute atomic E-state index is 13.0. The first-order valence-corrected chi connectivity index (χ1v) is 11.8. The zero-order valence-corrected chi connectivity index (χ0v) is 17.8. The maximum Gasteiger partial charge on any atom is 0.243 e. The minimum absolute atomic E-state index is 0.00679. The molecule has 6 nitrogen and oxygen atoms in total. The van der Waals surface area contributed by atoms with E-state index < -0.39 is 10.0 Å². The monoisotopic (exact) mass is 426 g/mol. The zero-order valence-electron chi connectivity index (χ0n) is 17.0. The number of nitrogens with one attached hydrogen (secondary N) is 1. The second-order valence-corrected chi connectivity index (χ2v) is 10.00. The number of nitrogens with zero attached hydrogens (tertiary/aromatic N) is 1. The topological polar surface area (TPSA) is 83.6 Å². The molecule has 30 heavy (non-hydrogen) atoms. The van der Waals surface area contributed by atoms with Gasteiger partial charge in [0.2, 0.25) is 15.9 Å². The first-order chi connectivity index (χ1) is 14.4. The molecule has 2 aromatic carbocycles. The van der Waals surface area contributed by atoms with Crippen LogP contribution in [-0.2, 0) is 21.2 Å². The summed E-state index contributed by atoms with van der Waals surface area (Å²) in [5.74, 6) is -0.351. The minimum atomic E-state index is -3.68. The summed E-state index contributed by atoms with van der Waals surface area (Å²) in [5.41, 5.74) is 2.86. The predicted molar refractivity (Wildman–Crippen MR) is 114 cm³/mol. The van der Waals surface area contributed by atoms with Gasteiger partial charge in [-0.1, -0.05) is 36.4 Å². The normalized spacial score (nSPS) is 20.0. The minimum Gasteiger partial charge on any atom is -0.349 e. The summed E-state index contributed by atoms with van der Waals surface area (Å²) in [5, 5.41) is 3.17. The Kier molecular flexibility index (Phi) is 5.75. The molecule has 7 heteroatoms. The summed E-state index contributed by atoms with van der Waals surface area (Å²) >= 11 is 0. The van der Waals surface area contributed by atoms with Crippen LogP contribution in [0.2, 0.25) is 0 Å². The highest BCUT2D eigenvalue weighted by atomic mass is 32.2. The number of carbonyl (C=O) groups excluding carboxylic acids is 2. The van der Waals surface area contributed by atoms with Crippen molar-refractivity contribution in [1.82, 2.24) is 9.62 Å². The summed E-state index contributed by atoms with van der Waals surface area (Å²) in [7, 11) is -3.68. The van der Waals surface area contributed by atoms with E-state index in [2.05, 4.69) is 17.4 Å². The molecule has 1 aliphatic carbocycles. The van der Waals surface area contributed by atoms with Gasteiger partial charge in [-0.15, -0.1) is 0 Å². The number of rotatable bonds is 5. The molecule has 1 atom stereocenters. The van der Waals surface area contributed by atoms with Gasteiger partial charge < -0.3 is 5.32 Å². The van der Waals surface area contributed by atoms with Gasteiger partial charge in [0.25, 0.3) is 0 Å². The van der Waals surface area contributed by atoms with Gasteiger partial charge >= 0.3 is 0 Å². The van der Waals surface area contributed by atoms with Crippen LogP contribution in [0.25, 0.3) is 0 Å². The highest BCUT2D eigenvalue weighted by Crippen LogP contribution is 2.32. The van der Waals surface area contributed by atoms with E-state index in [0.29, 0.717) is 31.5 Å². The largest absolute Gasteiger partial charge is 0.349 e. The fourth-order valence-electron chi connectivity index (χ4n) is 4.38. The van der Waals surface area contributed by atoms with Crippen LogP contribution in [0.3, 0.4) is 0 Å². The lowest BCUT2D eigenvalue weighted by Crippen LogP contribution is -2.43. The molecular weight excluding hydrogens is 400 g/mol. The number of hydrogen-bond acceptors (Lipinski definition) is 4. The highest BCUT2D eigenvalue weighted by molar-refractivity contribution is 7.89. The molecule has 1 amide bonds. The van der Waals surface area contributed by atoms with Crippen LogP contribution in [-0.4, -0.2) is 37.5 Å². The van der Waals surface area contributed by atoms with Crippen molar-refractivity contribution < 1.29 is 18.0 Å². The molecule has 0 spiro atoms. The maximum atomic E-state index is 13.0. The zero-order chi connectivity index (χ0) is 21.3. The fraction of sp³-hybridized carbons (Fsp3) is 0.391. The number of aryl methyl sites for hydroxylation is 1. The van der Waals surface area contributed by atoms with Gasteiger partial charge in [-0.2, -0.15) is 4.31 Å². The van der Waals surface area contributed by atoms with Crippen molar-refractivity contribution in [2.45, 2.75) is 43.5 Å². The number of Topliss-reactive ketones (excluding diaryl/α,β-unsaturated/α-hetero) is 1. The third-order valence-corrected chi connectivity index (χ3v) is 8.05. The van der Waals surface area contributed by atoms with Crippen LogP contribution in [0, 0.1) is 5.92 Å². The number of ketones is 1. The van der Waals surface area contributed by atoms with Gasteiger partial charge in [0.05, 0.1) is 10.9 Å². The van der Waals surface area contributed by atoms with Crippen molar-refractivity contribution in [3.05, 3.63) is 65.2 Å². The lowest BCUT2D eigenvalue weighted by atomic mass is 9.96.